The number of hydrogen-bond donors (Lipinski definition) is 1. The van der Waals surface area contributed by atoms with E-state index in [2.05, 4.69) is 5.32 Å². The molecule has 0 aliphatic carbocycles. The molecular weight excluding hydrogens is 372 g/mol. The summed E-state index contributed by atoms with van der Waals surface area (Å²) >= 11 is 0. The predicted molar refractivity (Wildman–Crippen MR) is 119 cm³/mol. The topological polar surface area (TPSA) is 49.4 Å². The molecule has 0 fully saturated rings. The Morgan fingerprint density at radius 1 is 0.967 bits per heavy atom. The molecule has 4 rings (SSSR count). The van der Waals surface area contributed by atoms with Crippen molar-refractivity contribution < 1.29 is 9.59 Å². The Labute approximate surface area is 177 Å². The first kappa shape index (κ1) is 19.9. The molecular formula is C26H26N2O2. The molecule has 4 nitrogen and oxygen atoms in total. The molecule has 1 N–H and O–H groups in total. The molecule has 3 aromatic carbocycles. The third-order valence-corrected chi connectivity index (χ3v) is 5.73. The van der Waals surface area contributed by atoms with Crippen molar-refractivity contribution in [2.45, 2.75) is 39.8 Å². The van der Waals surface area contributed by atoms with E-state index in [1.54, 1.807) is 0 Å². The number of benzene rings is 3. The van der Waals surface area contributed by atoms with Crippen LogP contribution in [0, 0.1) is 20.8 Å². The molecule has 152 valence electrons. The Hall–Kier alpha value is -3.40. The number of carbonyl (C=O) groups excluding carboxylic acids is 2. The first-order chi connectivity index (χ1) is 14.4. The van der Waals surface area contributed by atoms with Crippen molar-refractivity contribution in [1.29, 1.82) is 0 Å². The Bertz CT molecular complexity index is 1100. The smallest absolute Gasteiger partial charge is 0.255 e. The molecule has 1 atom stereocenters. The van der Waals surface area contributed by atoms with Crippen molar-refractivity contribution in [3.8, 4) is 0 Å². The lowest BCUT2D eigenvalue weighted by Crippen LogP contribution is -2.32. The quantitative estimate of drug-likeness (QED) is 0.631. The molecule has 0 unspecified atom stereocenters. The minimum atomic E-state index is -0.324. The van der Waals surface area contributed by atoms with Gasteiger partial charge in [-0.3, -0.25) is 9.59 Å². The molecule has 0 spiro atoms. The number of rotatable bonds is 5. The summed E-state index contributed by atoms with van der Waals surface area (Å²) in [5.74, 6) is -0.117. The van der Waals surface area contributed by atoms with Gasteiger partial charge in [0, 0.05) is 17.8 Å². The van der Waals surface area contributed by atoms with Crippen LogP contribution in [0.1, 0.15) is 50.6 Å². The molecule has 2 amide bonds. The van der Waals surface area contributed by atoms with Gasteiger partial charge >= 0.3 is 0 Å². The van der Waals surface area contributed by atoms with Crippen LogP contribution in [0.5, 0.6) is 0 Å². The van der Waals surface area contributed by atoms with Gasteiger partial charge in [0.25, 0.3) is 5.91 Å². The number of anilines is 1. The zero-order chi connectivity index (χ0) is 21.3. The van der Waals surface area contributed by atoms with Crippen LogP contribution in [0.4, 0.5) is 5.69 Å². The van der Waals surface area contributed by atoms with Gasteiger partial charge in [-0.05, 0) is 55.2 Å². The van der Waals surface area contributed by atoms with Gasteiger partial charge in [0.1, 0.15) is 0 Å². The minimum absolute atomic E-state index is 0.0179. The summed E-state index contributed by atoms with van der Waals surface area (Å²) in [4.78, 5) is 27.9. The summed E-state index contributed by atoms with van der Waals surface area (Å²) in [6, 6.07) is 21.4. The van der Waals surface area contributed by atoms with Gasteiger partial charge < -0.3 is 10.2 Å². The number of nitrogens with zero attached hydrogens (tertiary/aromatic N) is 1. The zero-order valence-electron chi connectivity index (χ0n) is 17.6. The van der Waals surface area contributed by atoms with Crippen molar-refractivity contribution in [2.24, 2.45) is 0 Å². The van der Waals surface area contributed by atoms with Gasteiger partial charge in [-0.1, -0.05) is 60.2 Å². The van der Waals surface area contributed by atoms with E-state index in [1.165, 1.54) is 0 Å². The fourth-order valence-corrected chi connectivity index (χ4v) is 3.97. The Morgan fingerprint density at radius 2 is 1.67 bits per heavy atom. The van der Waals surface area contributed by atoms with E-state index in [-0.39, 0.29) is 24.3 Å². The molecule has 3 aromatic rings. The normalized spacial score (nSPS) is 13.8. The first-order valence-corrected chi connectivity index (χ1v) is 10.2. The van der Waals surface area contributed by atoms with Gasteiger partial charge in [0.05, 0.1) is 12.5 Å². The van der Waals surface area contributed by atoms with E-state index in [9.17, 15) is 9.59 Å². The number of carbonyl (C=O) groups is 2. The van der Waals surface area contributed by atoms with Crippen LogP contribution in [-0.2, 0) is 11.3 Å². The second kappa shape index (κ2) is 8.15. The van der Waals surface area contributed by atoms with Gasteiger partial charge in [-0.15, -0.1) is 0 Å². The Balaban J connectivity index is 1.61. The van der Waals surface area contributed by atoms with E-state index in [1.807, 2.05) is 92.4 Å². The van der Waals surface area contributed by atoms with Gasteiger partial charge in [0.2, 0.25) is 5.91 Å². The summed E-state index contributed by atoms with van der Waals surface area (Å²) in [5, 5.41) is 3.05. The van der Waals surface area contributed by atoms with E-state index in [0.717, 1.165) is 39.1 Å². The Morgan fingerprint density at radius 3 is 2.40 bits per heavy atom. The van der Waals surface area contributed by atoms with Crippen molar-refractivity contribution in [2.75, 3.05) is 5.32 Å². The highest BCUT2D eigenvalue weighted by atomic mass is 16.2. The lowest BCUT2D eigenvalue weighted by Gasteiger charge is -2.28. The fourth-order valence-electron chi connectivity index (χ4n) is 3.97. The van der Waals surface area contributed by atoms with Crippen LogP contribution >= 0.6 is 0 Å². The van der Waals surface area contributed by atoms with Gasteiger partial charge in [0.15, 0.2) is 0 Å². The van der Waals surface area contributed by atoms with Crippen molar-refractivity contribution in [3.05, 3.63) is 100 Å². The lowest BCUT2D eigenvalue weighted by molar-refractivity contribution is -0.117. The molecule has 0 aromatic heterocycles. The van der Waals surface area contributed by atoms with E-state index >= 15 is 0 Å². The zero-order valence-corrected chi connectivity index (χ0v) is 17.6. The monoisotopic (exact) mass is 398 g/mol. The summed E-state index contributed by atoms with van der Waals surface area (Å²) < 4.78 is 0. The average molecular weight is 399 g/mol. The molecule has 30 heavy (non-hydrogen) atoms. The second-order valence-electron chi connectivity index (χ2n) is 8.09. The predicted octanol–water partition coefficient (Wildman–Crippen LogP) is 5.34. The van der Waals surface area contributed by atoms with Crippen molar-refractivity contribution >= 4 is 17.5 Å². The second-order valence-corrected chi connectivity index (χ2v) is 8.09. The number of hydrogen-bond acceptors (Lipinski definition) is 2. The first-order valence-electron chi connectivity index (χ1n) is 10.2. The molecule has 1 aliphatic rings. The number of amides is 2. The standard InChI is InChI=1S/C26H26N2O2/c1-17-9-12-20(13-10-17)24(28-16-21-6-4-5-7-22(21)26(28)30)15-25(29)27-23-14-18(2)8-11-19(23)3/h4-14,24H,15-16H2,1-3H3,(H,27,29)/t24-/m0/s1. The maximum absolute atomic E-state index is 13.1. The van der Waals surface area contributed by atoms with Crippen LogP contribution in [-0.4, -0.2) is 16.7 Å². The molecule has 1 heterocycles. The van der Waals surface area contributed by atoms with Crippen LogP contribution in [0.15, 0.2) is 66.7 Å². The molecule has 0 bridgehead atoms. The van der Waals surface area contributed by atoms with Gasteiger partial charge in [-0.25, -0.2) is 0 Å². The lowest BCUT2D eigenvalue weighted by atomic mass is 10.00. The highest BCUT2D eigenvalue weighted by molar-refractivity contribution is 5.99. The molecule has 0 saturated heterocycles. The van der Waals surface area contributed by atoms with Crippen LogP contribution in [0.2, 0.25) is 0 Å². The van der Waals surface area contributed by atoms with Crippen molar-refractivity contribution in [3.63, 3.8) is 0 Å². The van der Waals surface area contributed by atoms with Crippen LogP contribution < -0.4 is 5.32 Å². The summed E-state index contributed by atoms with van der Waals surface area (Å²) in [5.41, 5.74) is 6.78. The molecule has 0 radical (unpaired) electrons. The van der Waals surface area contributed by atoms with Gasteiger partial charge in [-0.2, -0.15) is 0 Å². The third-order valence-electron chi connectivity index (χ3n) is 5.73. The molecule has 4 heteroatoms. The Kier molecular flexibility index (Phi) is 5.40. The number of fused-ring (bicyclic) bond motifs is 1. The maximum atomic E-state index is 13.1. The van der Waals surface area contributed by atoms with Crippen LogP contribution in [0.25, 0.3) is 0 Å². The average Bonchev–Trinajstić information content (AvgIpc) is 3.06. The molecule has 1 aliphatic heterocycles. The number of nitrogens with one attached hydrogen (secondary N) is 1. The fraction of sp³-hybridized carbons (Fsp3) is 0.231. The highest BCUT2D eigenvalue weighted by Crippen LogP contribution is 2.34. The van der Waals surface area contributed by atoms with E-state index < -0.39 is 0 Å². The summed E-state index contributed by atoms with van der Waals surface area (Å²) in [6.45, 7) is 6.53. The van der Waals surface area contributed by atoms with Crippen LogP contribution in [0.3, 0.4) is 0 Å². The third kappa shape index (κ3) is 3.99. The highest BCUT2D eigenvalue weighted by Gasteiger charge is 2.34. The summed E-state index contributed by atoms with van der Waals surface area (Å²) in [7, 11) is 0. The van der Waals surface area contributed by atoms with E-state index in [4.69, 9.17) is 0 Å². The largest absolute Gasteiger partial charge is 0.327 e. The SMILES string of the molecule is Cc1ccc([C@H](CC(=O)Nc2cc(C)ccc2C)N2Cc3ccccc3C2=O)cc1. The maximum Gasteiger partial charge on any atom is 0.255 e. The number of aryl methyl sites for hydroxylation is 3. The summed E-state index contributed by atoms with van der Waals surface area (Å²) in [6.07, 6.45) is 0.205. The van der Waals surface area contributed by atoms with Crippen molar-refractivity contribution in [1.82, 2.24) is 4.90 Å². The molecule has 0 saturated carbocycles. The van der Waals surface area contributed by atoms with E-state index in [0.29, 0.717) is 6.54 Å². The minimum Gasteiger partial charge on any atom is -0.327 e.